The number of aromatic hydroxyl groups is 2. The number of hydrogen-bond acceptors (Lipinski definition) is 6. The molecule has 6 heteroatoms. The number of aromatic nitrogens is 2. The summed E-state index contributed by atoms with van der Waals surface area (Å²) in [4.78, 5) is 0. The molecular formula is C10H11N3O2S. The molecule has 0 spiro atoms. The molecule has 1 aromatic heterocycles. The van der Waals surface area contributed by atoms with Crippen LogP contribution in [0.1, 0.15) is 18.5 Å². The number of benzene rings is 1. The van der Waals surface area contributed by atoms with Crippen LogP contribution in [0.3, 0.4) is 0 Å². The molecule has 1 atom stereocenters. The topological polar surface area (TPSA) is 78.3 Å². The monoisotopic (exact) mass is 237 g/mol. The third-order valence-corrected chi connectivity index (χ3v) is 2.79. The van der Waals surface area contributed by atoms with Gasteiger partial charge in [0.2, 0.25) is 0 Å². The Morgan fingerprint density at radius 1 is 1.38 bits per heavy atom. The molecule has 0 amide bonds. The molecule has 2 rings (SSSR count). The Kier molecular flexibility index (Phi) is 2.91. The third kappa shape index (κ3) is 2.22. The van der Waals surface area contributed by atoms with E-state index >= 15 is 0 Å². The smallest absolute Gasteiger partial charge is 0.130 e. The highest BCUT2D eigenvalue weighted by atomic mass is 32.1. The number of nitrogens with one attached hydrogen (secondary N) is 1. The Hall–Kier alpha value is -1.82. The first-order valence-corrected chi connectivity index (χ1v) is 5.50. The van der Waals surface area contributed by atoms with Gasteiger partial charge in [0, 0.05) is 17.1 Å². The van der Waals surface area contributed by atoms with Crippen molar-refractivity contribution in [2.75, 3.05) is 5.32 Å². The van der Waals surface area contributed by atoms with Crippen molar-refractivity contribution >= 4 is 16.5 Å². The van der Waals surface area contributed by atoms with Crippen molar-refractivity contribution in [3.63, 3.8) is 0 Å². The van der Waals surface area contributed by atoms with E-state index < -0.39 is 0 Å². The van der Waals surface area contributed by atoms with Crippen molar-refractivity contribution in [3.05, 3.63) is 30.0 Å². The second-order valence-corrected chi connectivity index (χ2v) is 4.18. The summed E-state index contributed by atoms with van der Waals surface area (Å²) >= 11 is 1.24. The van der Waals surface area contributed by atoms with Crippen molar-refractivity contribution in [1.82, 2.24) is 9.59 Å². The zero-order valence-electron chi connectivity index (χ0n) is 8.58. The first-order valence-electron chi connectivity index (χ1n) is 4.72. The van der Waals surface area contributed by atoms with Gasteiger partial charge < -0.3 is 15.5 Å². The second-order valence-electron chi connectivity index (χ2n) is 3.39. The molecule has 3 N–H and O–H groups in total. The van der Waals surface area contributed by atoms with E-state index in [9.17, 15) is 10.2 Å². The predicted molar refractivity (Wildman–Crippen MR) is 61.7 cm³/mol. The lowest BCUT2D eigenvalue weighted by Crippen LogP contribution is -2.05. The van der Waals surface area contributed by atoms with E-state index in [0.29, 0.717) is 5.56 Å². The maximum absolute atomic E-state index is 9.66. The van der Waals surface area contributed by atoms with E-state index in [-0.39, 0.29) is 17.5 Å². The van der Waals surface area contributed by atoms with Crippen LogP contribution in [0.15, 0.2) is 24.4 Å². The Balaban J connectivity index is 2.20. The Morgan fingerprint density at radius 2 is 2.19 bits per heavy atom. The van der Waals surface area contributed by atoms with E-state index in [1.54, 1.807) is 6.20 Å². The Morgan fingerprint density at radius 3 is 2.88 bits per heavy atom. The fraction of sp³-hybridized carbons (Fsp3) is 0.200. The van der Waals surface area contributed by atoms with Gasteiger partial charge in [0.1, 0.15) is 16.5 Å². The predicted octanol–water partition coefficient (Wildman–Crippen LogP) is 2.12. The fourth-order valence-electron chi connectivity index (χ4n) is 1.41. The average Bonchev–Trinajstić information content (AvgIpc) is 2.74. The van der Waals surface area contributed by atoms with E-state index in [1.165, 1.54) is 29.7 Å². The standard InChI is InChI=1S/C10H11N3O2S/c1-6(12-10-5-11-13-16-10)8-4-7(14)2-3-9(8)15/h2-6,12,14-15H,1H3. The molecule has 1 heterocycles. The summed E-state index contributed by atoms with van der Waals surface area (Å²) in [7, 11) is 0. The molecule has 2 aromatic rings. The molecule has 1 unspecified atom stereocenters. The Bertz CT molecular complexity index is 473. The number of phenolic OH excluding ortho intramolecular Hbond substituents is 2. The molecule has 0 bridgehead atoms. The number of nitrogens with zero attached hydrogens (tertiary/aromatic N) is 2. The molecule has 0 aliphatic carbocycles. The van der Waals surface area contributed by atoms with Crippen molar-refractivity contribution in [2.24, 2.45) is 0 Å². The van der Waals surface area contributed by atoms with Crippen LogP contribution in [0, 0.1) is 0 Å². The van der Waals surface area contributed by atoms with Gasteiger partial charge in [-0.2, -0.15) is 0 Å². The van der Waals surface area contributed by atoms with Gasteiger partial charge in [-0.1, -0.05) is 4.49 Å². The molecule has 5 nitrogen and oxygen atoms in total. The second kappa shape index (κ2) is 4.36. The summed E-state index contributed by atoms with van der Waals surface area (Å²) in [5.41, 5.74) is 0.633. The highest BCUT2D eigenvalue weighted by Gasteiger charge is 2.11. The summed E-state index contributed by atoms with van der Waals surface area (Å²) < 4.78 is 3.73. The molecule has 0 radical (unpaired) electrons. The lowest BCUT2D eigenvalue weighted by atomic mass is 10.1. The molecule has 84 valence electrons. The zero-order valence-corrected chi connectivity index (χ0v) is 9.40. The average molecular weight is 237 g/mol. The molecule has 16 heavy (non-hydrogen) atoms. The molecule has 0 saturated heterocycles. The Labute approximate surface area is 96.5 Å². The van der Waals surface area contributed by atoms with Gasteiger partial charge in [-0.05, 0) is 25.1 Å². The summed E-state index contributed by atoms with van der Waals surface area (Å²) in [6, 6.07) is 4.31. The first-order chi connectivity index (χ1) is 7.66. The van der Waals surface area contributed by atoms with E-state index in [4.69, 9.17) is 0 Å². The van der Waals surface area contributed by atoms with Crippen LogP contribution in [-0.4, -0.2) is 19.8 Å². The number of rotatable bonds is 3. The van der Waals surface area contributed by atoms with Gasteiger partial charge in [-0.15, -0.1) is 5.10 Å². The van der Waals surface area contributed by atoms with Crippen LogP contribution in [0.4, 0.5) is 5.00 Å². The highest BCUT2D eigenvalue weighted by molar-refractivity contribution is 7.09. The first kappa shape index (κ1) is 10.7. The van der Waals surface area contributed by atoms with Gasteiger partial charge >= 0.3 is 0 Å². The van der Waals surface area contributed by atoms with Crippen LogP contribution >= 0.6 is 11.5 Å². The fourth-order valence-corrected chi connectivity index (χ4v) is 1.92. The van der Waals surface area contributed by atoms with E-state index in [1.807, 2.05) is 6.92 Å². The molecule has 0 aliphatic rings. The number of anilines is 1. The lowest BCUT2D eigenvalue weighted by Gasteiger charge is -2.14. The zero-order chi connectivity index (χ0) is 11.5. The minimum Gasteiger partial charge on any atom is -0.508 e. The SMILES string of the molecule is CC(Nc1cnns1)c1cc(O)ccc1O. The molecular weight excluding hydrogens is 226 g/mol. The lowest BCUT2D eigenvalue weighted by molar-refractivity contribution is 0.452. The maximum Gasteiger partial charge on any atom is 0.130 e. The molecule has 0 aliphatic heterocycles. The number of phenols is 2. The van der Waals surface area contributed by atoms with Crippen LogP contribution < -0.4 is 5.32 Å². The van der Waals surface area contributed by atoms with Gasteiger partial charge in [-0.3, -0.25) is 0 Å². The van der Waals surface area contributed by atoms with Gasteiger partial charge in [0.15, 0.2) is 0 Å². The minimum absolute atomic E-state index is 0.129. The highest BCUT2D eigenvalue weighted by Crippen LogP contribution is 2.30. The maximum atomic E-state index is 9.66. The quantitative estimate of drug-likeness (QED) is 0.713. The summed E-state index contributed by atoms with van der Waals surface area (Å²) in [5.74, 6) is 0.277. The van der Waals surface area contributed by atoms with E-state index in [2.05, 4.69) is 14.9 Å². The van der Waals surface area contributed by atoms with Gasteiger partial charge in [0.05, 0.1) is 12.2 Å². The normalized spacial score (nSPS) is 12.3. The molecule has 1 aromatic carbocycles. The molecule has 0 saturated carbocycles. The number of hydrogen-bond donors (Lipinski definition) is 3. The largest absolute Gasteiger partial charge is 0.508 e. The van der Waals surface area contributed by atoms with E-state index in [0.717, 1.165) is 5.00 Å². The minimum atomic E-state index is -0.130. The van der Waals surface area contributed by atoms with Crippen molar-refractivity contribution in [2.45, 2.75) is 13.0 Å². The summed E-state index contributed by atoms with van der Waals surface area (Å²) in [5, 5.41) is 26.7. The van der Waals surface area contributed by atoms with Crippen molar-refractivity contribution < 1.29 is 10.2 Å². The molecule has 0 fully saturated rings. The van der Waals surface area contributed by atoms with Gasteiger partial charge in [0.25, 0.3) is 0 Å². The van der Waals surface area contributed by atoms with Gasteiger partial charge in [-0.25, -0.2) is 0 Å². The van der Waals surface area contributed by atoms with Crippen molar-refractivity contribution in [1.29, 1.82) is 0 Å². The van der Waals surface area contributed by atoms with Crippen LogP contribution in [0.2, 0.25) is 0 Å². The summed E-state index contributed by atoms with van der Waals surface area (Å²) in [6.07, 6.45) is 1.61. The summed E-state index contributed by atoms with van der Waals surface area (Å²) in [6.45, 7) is 1.88. The van der Waals surface area contributed by atoms with Crippen molar-refractivity contribution in [3.8, 4) is 11.5 Å². The van der Waals surface area contributed by atoms with Crippen LogP contribution in [0.5, 0.6) is 11.5 Å². The van der Waals surface area contributed by atoms with Crippen LogP contribution in [-0.2, 0) is 0 Å². The third-order valence-electron chi connectivity index (χ3n) is 2.20. The van der Waals surface area contributed by atoms with Crippen LogP contribution in [0.25, 0.3) is 0 Å².